The smallest absolute Gasteiger partial charge is 0.253 e. The van der Waals surface area contributed by atoms with Gasteiger partial charge in [0.15, 0.2) is 0 Å². The molecule has 1 aliphatic rings. The molecule has 4 N–H and O–H groups in total. The zero-order valence-corrected chi connectivity index (χ0v) is 11.1. The third-order valence-corrected chi connectivity index (χ3v) is 4.29. The van der Waals surface area contributed by atoms with Crippen molar-refractivity contribution in [3.63, 3.8) is 0 Å². The van der Waals surface area contributed by atoms with E-state index in [1.54, 1.807) is 0 Å². The Hall–Kier alpha value is -1.74. The Labute approximate surface area is 110 Å². The van der Waals surface area contributed by atoms with E-state index in [1.807, 2.05) is 13.0 Å². The van der Waals surface area contributed by atoms with E-state index in [4.69, 9.17) is 16.7 Å². The second-order valence-electron chi connectivity index (χ2n) is 4.48. The van der Waals surface area contributed by atoms with Crippen LogP contribution in [0.3, 0.4) is 0 Å². The molecule has 6 heteroatoms. The number of hydrogen-bond donors (Lipinski definition) is 2. The van der Waals surface area contributed by atoms with Crippen LogP contribution in [0.1, 0.15) is 35.0 Å². The van der Waals surface area contributed by atoms with Crippen molar-refractivity contribution in [3.8, 4) is 6.07 Å². The van der Waals surface area contributed by atoms with Crippen molar-refractivity contribution in [2.45, 2.75) is 19.8 Å². The molecule has 0 spiro atoms. The largest absolute Gasteiger partial charge is 0.396 e. The maximum atomic E-state index is 11.5. The van der Waals surface area contributed by atoms with E-state index >= 15 is 0 Å². The first-order valence-electron chi connectivity index (χ1n) is 5.95. The van der Waals surface area contributed by atoms with Gasteiger partial charge >= 0.3 is 0 Å². The molecule has 0 aromatic carbocycles. The molecule has 1 aliphatic carbocycles. The highest BCUT2D eigenvalue weighted by atomic mass is 32.1. The summed E-state index contributed by atoms with van der Waals surface area (Å²) in [5, 5.41) is 9.74. The van der Waals surface area contributed by atoms with E-state index in [1.165, 1.54) is 24.2 Å². The Balaban J connectivity index is 2.40. The molecule has 0 unspecified atom stereocenters. The number of rotatable bonds is 5. The summed E-state index contributed by atoms with van der Waals surface area (Å²) in [4.78, 5) is 14.0. The summed E-state index contributed by atoms with van der Waals surface area (Å²) >= 11 is 1.26. The van der Waals surface area contributed by atoms with Gasteiger partial charge in [-0.15, -0.1) is 11.3 Å². The predicted octanol–water partition coefficient (Wildman–Crippen LogP) is 1.54. The number of amides is 1. The number of nitrogens with two attached hydrogens (primary N) is 2. The number of nitriles is 1. The van der Waals surface area contributed by atoms with E-state index in [2.05, 4.69) is 4.90 Å². The van der Waals surface area contributed by atoms with Gasteiger partial charge in [0.1, 0.15) is 15.9 Å². The standard InChI is InChI=1S/C12H16N4OS/c1-2-16(6-7-3-4-7)12-9(11(15)17)10(14)8(5-13)18-12/h7H,2-4,6,14H2,1H3,(H2,15,17). The van der Waals surface area contributed by atoms with Crippen molar-refractivity contribution < 1.29 is 4.79 Å². The molecule has 0 aliphatic heterocycles. The van der Waals surface area contributed by atoms with Crippen LogP contribution in [0, 0.1) is 17.2 Å². The fraction of sp³-hybridized carbons (Fsp3) is 0.500. The Morgan fingerprint density at radius 2 is 2.28 bits per heavy atom. The highest BCUT2D eigenvalue weighted by Crippen LogP contribution is 2.40. The lowest BCUT2D eigenvalue weighted by Crippen LogP contribution is -2.27. The molecule has 0 atom stereocenters. The van der Waals surface area contributed by atoms with Gasteiger partial charge in [0, 0.05) is 13.1 Å². The molecule has 0 bridgehead atoms. The Morgan fingerprint density at radius 3 is 2.72 bits per heavy atom. The zero-order chi connectivity index (χ0) is 13.3. The third-order valence-electron chi connectivity index (χ3n) is 3.12. The minimum atomic E-state index is -0.561. The van der Waals surface area contributed by atoms with Gasteiger partial charge in [0.25, 0.3) is 5.91 Å². The van der Waals surface area contributed by atoms with Crippen molar-refractivity contribution in [2.24, 2.45) is 11.7 Å². The van der Waals surface area contributed by atoms with Crippen molar-refractivity contribution in [3.05, 3.63) is 10.4 Å². The molecule has 1 aromatic heterocycles. The molecule has 18 heavy (non-hydrogen) atoms. The van der Waals surface area contributed by atoms with Crippen LogP contribution in [0.25, 0.3) is 0 Å². The first-order valence-corrected chi connectivity index (χ1v) is 6.77. The molecule has 2 rings (SSSR count). The summed E-state index contributed by atoms with van der Waals surface area (Å²) in [6.45, 7) is 3.71. The number of nitrogens with zero attached hydrogens (tertiary/aromatic N) is 2. The Morgan fingerprint density at radius 1 is 1.61 bits per heavy atom. The van der Waals surface area contributed by atoms with E-state index in [0.717, 1.165) is 18.1 Å². The number of primary amides is 1. The first-order chi connectivity index (χ1) is 8.58. The van der Waals surface area contributed by atoms with Gasteiger partial charge in [-0.3, -0.25) is 4.79 Å². The summed E-state index contributed by atoms with van der Waals surface area (Å²) in [6, 6.07) is 2.02. The Bertz CT molecular complexity index is 513. The van der Waals surface area contributed by atoms with E-state index in [9.17, 15) is 4.79 Å². The maximum Gasteiger partial charge on any atom is 0.253 e. The molecule has 0 saturated heterocycles. The van der Waals surface area contributed by atoms with Crippen LogP contribution in [-0.2, 0) is 0 Å². The topological polar surface area (TPSA) is 96.1 Å². The van der Waals surface area contributed by atoms with Gasteiger partial charge in [-0.25, -0.2) is 0 Å². The van der Waals surface area contributed by atoms with Crippen molar-refractivity contribution in [2.75, 3.05) is 23.7 Å². The monoisotopic (exact) mass is 264 g/mol. The Kier molecular flexibility index (Phi) is 3.43. The van der Waals surface area contributed by atoms with Gasteiger partial charge in [0.2, 0.25) is 0 Å². The van der Waals surface area contributed by atoms with Crippen LogP contribution in [0.2, 0.25) is 0 Å². The number of hydrogen-bond acceptors (Lipinski definition) is 5. The summed E-state index contributed by atoms with van der Waals surface area (Å²) in [5.41, 5.74) is 11.7. The van der Waals surface area contributed by atoms with Crippen molar-refractivity contribution in [1.82, 2.24) is 0 Å². The van der Waals surface area contributed by atoms with Gasteiger partial charge in [-0.05, 0) is 25.7 Å². The molecule has 96 valence electrons. The van der Waals surface area contributed by atoms with Crippen LogP contribution < -0.4 is 16.4 Å². The lowest BCUT2D eigenvalue weighted by atomic mass is 10.2. The molecule has 1 fully saturated rings. The fourth-order valence-electron chi connectivity index (χ4n) is 1.94. The number of carbonyl (C=O) groups excluding carboxylic acids is 1. The van der Waals surface area contributed by atoms with Crippen LogP contribution in [-0.4, -0.2) is 19.0 Å². The van der Waals surface area contributed by atoms with E-state index in [0.29, 0.717) is 16.4 Å². The average molecular weight is 264 g/mol. The van der Waals surface area contributed by atoms with Crippen LogP contribution in [0.15, 0.2) is 0 Å². The SMILES string of the molecule is CCN(CC1CC1)c1sc(C#N)c(N)c1C(N)=O. The summed E-state index contributed by atoms with van der Waals surface area (Å²) in [5.74, 6) is 0.133. The van der Waals surface area contributed by atoms with E-state index in [-0.39, 0.29) is 5.69 Å². The summed E-state index contributed by atoms with van der Waals surface area (Å²) in [6.07, 6.45) is 2.46. The number of anilines is 2. The second kappa shape index (κ2) is 4.86. The highest BCUT2D eigenvalue weighted by molar-refractivity contribution is 7.17. The quantitative estimate of drug-likeness (QED) is 0.843. The maximum absolute atomic E-state index is 11.5. The normalized spacial score (nSPS) is 14.2. The van der Waals surface area contributed by atoms with E-state index < -0.39 is 5.91 Å². The van der Waals surface area contributed by atoms with Gasteiger partial charge in [-0.1, -0.05) is 0 Å². The summed E-state index contributed by atoms with van der Waals surface area (Å²) in [7, 11) is 0. The van der Waals surface area contributed by atoms with Crippen molar-refractivity contribution in [1.29, 1.82) is 5.26 Å². The fourth-order valence-corrected chi connectivity index (χ4v) is 3.04. The minimum Gasteiger partial charge on any atom is -0.396 e. The predicted molar refractivity (Wildman–Crippen MR) is 72.6 cm³/mol. The molecule has 5 nitrogen and oxygen atoms in total. The summed E-state index contributed by atoms with van der Waals surface area (Å²) < 4.78 is 0. The minimum absolute atomic E-state index is 0.222. The number of thiophene rings is 1. The lowest BCUT2D eigenvalue weighted by molar-refractivity contribution is 0.100. The van der Waals surface area contributed by atoms with Crippen LogP contribution in [0.4, 0.5) is 10.7 Å². The molecule has 1 heterocycles. The lowest BCUT2D eigenvalue weighted by Gasteiger charge is -2.22. The van der Waals surface area contributed by atoms with Crippen molar-refractivity contribution >= 4 is 27.9 Å². The van der Waals surface area contributed by atoms with Crippen LogP contribution in [0.5, 0.6) is 0 Å². The third kappa shape index (κ3) is 2.27. The first kappa shape index (κ1) is 12.7. The zero-order valence-electron chi connectivity index (χ0n) is 10.3. The van der Waals surface area contributed by atoms with Gasteiger partial charge in [0.05, 0.1) is 11.3 Å². The van der Waals surface area contributed by atoms with Gasteiger partial charge < -0.3 is 16.4 Å². The number of carbonyl (C=O) groups is 1. The molecule has 1 aromatic rings. The van der Waals surface area contributed by atoms with Gasteiger partial charge in [-0.2, -0.15) is 5.26 Å². The molecule has 1 saturated carbocycles. The molecular formula is C12H16N4OS. The average Bonchev–Trinajstić information content (AvgIpc) is 3.08. The highest BCUT2D eigenvalue weighted by Gasteiger charge is 2.28. The number of nitrogen functional groups attached to an aromatic ring is 1. The molecule has 1 amide bonds. The van der Waals surface area contributed by atoms with Crippen LogP contribution >= 0.6 is 11.3 Å². The molecule has 0 radical (unpaired) electrons. The second-order valence-corrected chi connectivity index (χ2v) is 5.48. The molecular weight excluding hydrogens is 248 g/mol.